The van der Waals surface area contributed by atoms with Crippen molar-refractivity contribution in [2.24, 2.45) is 0 Å². The Morgan fingerprint density at radius 3 is 2.80 bits per heavy atom. The van der Waals surface area contributed by atoms with Crippen molar-refractivity contribution < 1.29 is 0 Å². The van der Waals surface area contributed by atoms with Crippen molar-refractivity contribution in [3.05, 3.63) is 24.5 Å². The lowest BCUT2D eigenvalue weighted by Crippen LogP contribution is -2.10. The van der Waals surface area contributed by atoms with Gasteiger partial charge in [0.2, 0.25) is 0 Å². The van der Waals surface area contributed by atoms with Gasteiger partial charge in [0.05, 0.1) is 5.69 Å². The molecular weight excluding hydrogens is 208 g/mol. The molecule has 0 unspecified atom stereocenters. The van der Waals surface area contributed by atoms with Crippen LogP contribution >= 0.6 is 12.6 Å². The average molecular weight is 220 g/mol. The Labute approximate surface area is 93.8 Å². The molecule has 4 nitrogen and oxygen atoms in total. The molecule has 2 aromatic rings. The van der Waals surface area contributed by atoms with E-state index in [9.17, 15) is 0 Å². The molecule has 2 rings (SSSR count). The van der Waals surface area contributed by atoms with E-state index in [0.29, 0.717) is 5.16 Å². The fraction of sp³-hybridized carbons (Fsp3) is 0.200. The molecule has 78 valence electrons. The van der Waals surface area contributed by atoms with Gasteiger partial charge in [0, 0.05) is 32.1 Å². The van der Waals surface area contributed by atoms with E-state index in [-0.39, 0.29) is 0 Å². The lowest BCUT2D eigenvalue weighted by molar-refractivity contribution is 1.06. The molecule has 0 aliphatic rings. The van der Waals surface area contributed by atoms with Gasteiger partial charge < -0.3 is 9.88 Å². The summed E-state index contributed by atoms with van der Waals surface area (Å²) in [5.74, 6) is 0.913. The molecule has 0 aromatic carbocycles. The van der Waals surface area contributed by atoms with Crippen LogP contribution in [0, 0.1) is 0 Å². The highest BCUT2D eigenvalue weighted by molar-refractivity contribution is 7.80. The monoisotopic (exact) mass is 220 g/mol. The third kappa shape index (κ3) is 2.12. The topological polar surface area (TPSA) is 44.8 Å². The second-order valence-electron chi connectivity index (χ2n) is 3.41. The standard InChI is InChI=1S/C10H12N4S/c1-14(2)9-5-7(3-4-11-9)8-6-12-10(15)13-8/h3-6H,1-2H3,(H2,12,13,15). The molecule has 0 amide bonds. The summed E-state index contributed by atoms with van der Waals surface area (Å²) in [4.78, 5) is 13.4. The van der Waals surface area contributed by atoms with Gasteiger partial charge in [0.1, 0.15) is 5.82 Å². The van der Waals surface area contributed by atoms with Crippen molar-refractivity contribution in [3.63, 3.8) is 0 Å². The molecule has 2 heterocycles. The van der Waals surface area contributed by atoms with Crippen LogP contribution in [0.5, 0.6) is 0 Å². The predicted molar refractivity (Wildman–Crippen MR) is 63.4 cm³/mol. The molecule has 0 aliphatic heterocycles. The average Bonchev–Trinajstić information content (AvgIpc) is 2.65. The second kappa shape index (κ2) is 3.94. The molecule has 2 aromatic heterocycles. The zero-order chi connectivity index (χ0) is 10.8. The number of nitrogens with one attached hydrogen (secondary N) is 1. The lowest BCUT2D eigenvalue weighted by Gasteiger charge is -2.11. The molecule has 15 heavy (non-hydrogen) atoms. The van der Waals surface area contributed by atoms with Crippen LogP contribution in [0.4, 0.5) is 5.82 Å². The van der Waals surface area contributed by atoms with Gasteiger partial charge >= 0.3 is 0 Å². The fourth-order valence-electron chi connectivity index (χ4n) is 1.28. The molecule has 0 fully saturated rings. The molecule has 0 radical (unpaired) electrons. The number of pyridine rings is 1. The number of hydrogen-bond acceptors (Lipinski definition) is 4. The molecule has 0 saturated carbocycles. The second-order valence-corrected chi connectivity index (χ2v) is 3.83. The van der Waals surface area contributed by atoms with E-state index in [0.717, 1.165) is 17.1 Å². The summed E-state index contributed by atoms with van der Waals surface area (Å²) in [6.07, 6.45) is 3.61. The first kappa shape index (κ1) is 10.0. The summed E-state index contributed by atoms with van der Waals surface area (Å²) in [5.41, 5.74) is 1.91. The number of aromatic nitrogens is 3. The molecule has 0 saturated heterocycles. The van der Waals surface area contributed by atoms with Crippen LogP contribution in [0.3, 0.4) is 0 Å². The first-order valence-corrected chi connectivity index (χ1v) is 4.99. The maximum absolute atomic E-state index is 4.24. The van der Waals surface area contributed by atoms with Crippen LogP contribution in [0.2, 0.25) is 0 Å². The van der Waals surface area contributed by atoms with Crippen molar-refractivity contribution >= 4 is 18.4 Å². The molecule has 0 spiro atoms. The highest BCUT2D eigenvalue weighted by atomic mass is 32.1. The zero-order valence-electron chi connectivity index (χ0n) is 8.60. The molecule has 0 bridgehead atoms. The Hall–Kier alpha value is -1.49. The highest BCUT2D eigenvalue weighted by Gasteiger charge is 2.04. The van der Waals surface area contributed by atoms with Gasteiger partial charge in [-0.05, 0) is 12.1 Å². The van der Waals surface area contributed by atoms with Crippen LogP contribution in [0.25, 0.3) is 11.3 Å². The number of thiol groups is 1. The van der Waals surface area contributed by atoms with Crippen molar-refractivity contribution in [1.82, 2.24) is 15.0 Å². The molecule has 0 atom stereocenters. The number of nitrogens with zero attached hydrogens (tertiary/aromatic N) is 3. The molecular formula is C10H12N4S. The smallest absolute Gasteiger partial charge is 0.162 e. The van der Waals surface area contributed by atoms with Crippen molar-refractivity contribution in [2.75, 3.05) is 19.0 Å². The number of hydrogen-bond donors (Lipinski definition) is 2. The number of rotatable bonds is 2. The Balaban J connectivity index is 2.41. The molecule has 1 N–H and O–H groups in total. The highest BCUT2D eigenvalue weighted by Crippen LogP contribution is 2.20. The Bertz CT molecular complexity index is 464. The molecule has 0 aliphatic carbocycles. The maximum atomic E-state index is 4.24. The largest absolute Gasteiger partial charge is 0.363 e. The summed E-state index contributed by atoms with van der Waals surface area (Å²) in [5, 5.41) is 0.619. The van der Waals surface area contributed by atoms with Crippen molar-refractivity contribution in [2.45, 2.75) is 5.16 Å². The Morgan fingerprint density at radius 2 is 2.20 bits per heavy atom. The van der Waals surface area contributed by atoms with E-state index in [1.165, 1.54) is 0 Å². The van der Waals surface area contributed by atoms with Gasteiger partial charge in [-0.25, -0.2) is 9.97 Å². The van der Waals surface area contributed by atoms with E-state index in [1.807, 2.05) is 37.3 Å². The van der Waals surface area contributed by atoms with Gasteiger partial charge in [-0.3, -0.25) is 0 Å². The van der Waals surface area contributed by atoms with Crippen molar-refractivity contribution in [3.8, 4) is 11.3 Å². The van der Waals surface area contributed by atoms with E-state index < -0.39 is 0 Å². The summed E-state index contributed by atoms with van der Waals surface area (Å²) >= 11 is 4.13. The minimum Gasteiger partial charge on any atom is -0.363 e. The minimum absolute atomic E-state index is 0.619. The summed E-state index contributed by atoms with van der Waals surface area (Å²) in [6.45, 7) is 0. The number of aromatic amines is 1. The van der Waals surface area contributed by atoms with Gasteiger partial charge in [0.25, 0.3) is 0 Å². The van der Waals surface area contributed by atoms with E-state index in [1.54, 1.807) is 6.20 Å². The quantitative estimate of drug-likeness (QED) is 0.759. The Morgan fingerprint density at radius 1 is 1.40 bits per heavy atom. The van der Waals surface area contributed by atoms with Crippen LogP contribution < -0.4 is 4.90 Å². The van der Waals surface area contributed by atoms with E-state index >= 15 is 0 Å². The minimum atomic E-state index is 0.619. The predicted octanol–water partition coefficient (Wildman–Crippen LogP) is 1.83. The number of H-pyrrole nitrogens is 1. The third-order valence-electron chi connectivity index (χ3n) is 2.06. The van der Waals surface area contributed by atoms with Crippen LogP contribution in [-0.4, -0.2) is 29.0 Å². The van der Waals surface area contributed by atoms with Crippen LogP contribution in [0.15, 0.2) is 29.7 Å². The van der Waals surface area contributed by atoms with Gasteiger partial charge in [-0.15, -0.1) is 12.6 Å². The van der Waals surface area contributed by atoms with Crippen molar-refractivity contribution in [1.29, 1.82) is 0 Å². The molecule has 5 heteroatoms. The first-order valence-electron chi connectivity index (χ1n) is 4.55. The third-order valence-corrected chi connectivity index (χ3v) is 2.29. The first-order chi connectivity index (χ1) is 7.16. The summed E-state index contributed by atoms with van der Waals surface area (Å²) < 4.78 is 0. The lowest BCUT2D eigenvalue weighted by atomic mass is 10.2. The van der Waals surface area contributed by atoms with E-state index in [4.69, 9.17) is 0 Å². The maximum Gasteiger partial charge on any atom is 0.162 e. The van der Waals surface area contributed by atoms with Gasteiger partial charge in [0.15, 0.2) is 5.16 Å². The zero-order valence-corrected chi connectivity index (χ0v) is 9.49. The summed E-state index contributed by atoms with van der Waals surface area (Å²) in [6, 6.07) is 3.92. The number of anilines is 1. The number of imidazole rings is 1. The fourth-order valence-corrected chi connectivity index (χ4v) is 1.45. The van der Waals surface area contributed by atoms with Gasteiger partial charge in [-0.2, -0.15) is 0 Å². The van der Waals surface area contributed by atoms with Gasteiger partial charge in [-0.1, -0.05) is 0 Å². The van der Waals surface area contributed by atoms with Crippen LogP contribution in [-0.2, 0) is 0 Å². The SMILES string of the molecule is CN(C)c1cc(-c2c[nH]c(S)n2)ccn1. The van der Waals surface area contributed by atoms with E-state index in [2.05, 4.69) is 27.6 Å². The van der Waals surface area contributed by atoms with Crippen LogP contribution in [0.1, 0.15) is 0 Å². The Kier molecular flexibility index (Phi) is 2.64. The summed E-state index contributed by atoms with van der Waals surface area (Å²) in [7, 11) is 3.92. The normalized spacial score (nSPS) is 10.3.